The molecule has 0 radical (unpaired) electrons. The number of nitrogens with zero attached hydrogens (tertiary/aromatic N) is 3. The summed E-state index contributed by atoms with van der Waals surface area (Å²) in [5.74, 6) is 1.38. The Hall–Kier alpha value is -3.09. The minimum absolute atomic E-state index is 0.0555. The van der Waals surface area contributed by atoms with Crippen LogP contribution in [0.2, 0.25) is 0 Å². The second kappa shape index (κ2) is 6.90. The summed E-state index contributed by atoms with van der Waals surface area (Å²) in [6.07, 6.45) is 2.87. The Morgan fingerprint density at radius 3 is 2.78 bits per heavy atom. The van der Waals surface area contributed by atoms with E-state index in [-0.39, 0.29) is 18.0 Å². The number of amides is 1. The topological polar surface area (TPSA) is 78.2 Å². The quantitative estimate of drug-likeness (QED) is 0.769. The van der Waals surface area contributed by atoms with Gasteiger partial charge in [0.1, 0.15) is 23.6 Å². The molecule has 2 aromatic heterocycles. The van der Waals surface area contributed by atoms with Gasteiger partial charge >= 0.3 is 0 Å². The van der Waals surface area contributed by atoms with Gasteiger partial charge in [-0.1, -0.05) is 0 Å². The van der Waals surface area contributed by atoms with Crippen molar-refractivity contribution in [3.8, 4) is 5.75 Å². The summed E-state index contributed by atoms with van der Waals surface area (Å²) in [5, 5.41) is 2.86. The Kier molecular flexibility index (Phi) is 4.43. The van der Waals surface area contributed by atoms with Gasteiger partial charge in [0.15, 0.2) is 0 Å². The van der Waals surface area contributed by atoms with Gasteiger partial charge in [-0.3, -0.25) is 14.2 Å². The third kappa shape index (κ3) is 3.20. The van der Waals surface area contributed by atoms with Crippen molar-refractivity contribution in [3.05, 3.63) is 52.2 Å². The predicted octanol–water partition coefficient (Wildman–Crippen LogP) is 2.49. The average molecular weight is 366 g/mol. The van der Waals surface area contributed by atoms with E-state index in [1.165, 1.54) is 0 Å². The maximum atomic E-state index is 13.0. The number of nitrogens with one attached hydrogen (secondary N) is 1. The SMILES string of the molecule is COc1ccc(NC(=O)Cn2c(C)cc3nc4n(c(=O)c32)CCCC4)cc1. The van der Waals surface area contributed by atoms with Crippen molar-refractivity contribution in [2.45, 2.75) is 39.3 Å². The summed E-state index contributed by atoms with van der Waals surface area (Å²) < 4.78 is 8.63. The molecule has 27 heavy (non-hydrogen) atoms. The number of hydrogen-bond donors (Lipinski definition) is 1. The second-order valence-corrected chi connectivity index (χ2v) is 6.82. The van der Waals surface area contributed by atoms with Gasteiger partial charge in [-0.2, -0.15) is 0 Å². The van der Waals surface area contributed by atoms with E-state index in [0.29, 0.717) is 23.3 Å². The molecule has 0 unspecified atom stereocenters. The molecule has 140 valence electrons. The first kappa shape index (κ1) is 17.3. The number of benzene rings is 1. The first-order valence-corrected chi connectivity index (χ1v) is 9.10. The predicted molar refractivity (Wildman–Crippen MR) is 103 cm³/mol. The zero-order valence-corrected chi connectivity index (χ0v) is 15.5. The van der Waals surface area contributed by atoms with Crippen molar-refractivity contribution in [1.82, 2.24) is 14.1 Å². The third-order valence-corrected chi connectivity index (χ3v) is 5.00. The molecule has 7 nitrogen and oxygen atoms in total. The van der Waals surface area contributed by atoms with E-state index in [1.807, 2.05) is 13.0 Å². The maximum absolute atomic E-state index is 13.0. The van der Waals surface area contributed by atoms with Crippen molar-refractivity contribution in [1.29, 1.82) is 0 Å². The summed E-state index contributed by atoms with van der Waals surface area (Å²) in [5.41, 5.74) is 2.65. The van der Waals surface area contributed by atoms with Crippen molar-refractivity contribution in [2.24, 2.45) is 0 Å². The highest BCUT2D eigenvalue weighted by Crippen LogP contribution is 2.19. The fourth-order valence-electron chi connectivity index (χ4n) is 3.61. The summed E-state index contributed by atoms with van der Waals surface area (Å²) >= 11 is 0. The van der Waals surface area contributed by atoms with E-state index < -0.39 is 0 Å². The molecule has 1 N–H and O–H groups in total. The molecule has 4 rings (SSSR count). The van der Waals surface area contributed by atoms with E-state index in [1.54, 1.807) is 40.5 Å². The minimum Gasteiger partial charge on any atom is -0.497 e. The summed E-state index contributed by atoms with van der Waals surface area (Å²) in [6, 6.07) is 9.02. The molecule has 0 fully saturated rings. The largest absolute Gasteiger partial charge is 0.497 e. The monoisotopic (exact) mass is 366 g/mol. The molecule has 0 aliphatic carbocycles. The molecule has 0 saturated carbocycles. The first-order chi connectivity index (χ1) is 13.1. The van der Waals surface area contributed by atoms with Crippen LogP contribution in [-0.2, 0) is 24.3 Å². The molecule has 1 aliphatic rings. The molecule has 7 heteroatoms. The van der Waals surface area contributed by atoms with E-state index in [4.69, 9.17) is 4.74 Å². The molecular weight excluding hydrogens is 344 g/mol. The maximum Gasteiger partial charge on any atom is 0.278 e. The van der Waals surface area contributed by atoms with Gasteiger partial charge in [-0.05, 0) is 50.1 Å². The van der Waals surface area contributed by atoms with Gasteiger partial charge < -0.3 is 14.6 Å². The van der Waals surface area contributed by atoms with Crippen molar-refractivity contribution in [2.75, 3.05) is 12.4 Å². The number of carbonyl (C=O) groups excluding carboxylic acids is 1. The summed E-state index contributed by atoms with van der Waals surface area (Å²) in [6.45, 7) is 2.66. The number of methoxy groups -OCH3 is 1. The zero-order chi connectivity index (χ0) is 19.0. The van der Waals surface area contributed by atoms with Gasteiger partial charge in [0, 0.05) is 24.3 Å². The summed E-state index contributed by atoms with van der Waals surface area (Å²) in [7, 11) is 1.60. The minimum atomic E-state index is -0.192. The first-order valence-electron chi connectivity index (χ1n) is 9.10. The molecular formula is C20H22N4O3. The van der Waals surface area contributed by atoms with Gasteiger partial charge in [-0.25, -0.2) is 4.98 Å². The standard InChI is InChI=1S/C20H22N4O3/c1-13-11-16-19(20(26)23-10-4-3-5-17(23)22-16)24(13)12-18(25)21-14-6-8-15(27-2)9-7-14/h6-9,11H,3-5,10,12H2,1-2H3,(H,21,25). The number of ether oxygens (including phenoxy) is 1. The number of carbonyl (C=O) groups is 1. The number of anilines is 1. The van der Waals surface area contributed by atoms with Crippen molar-refractivity contribution < 1.29 is 9.53 Å². The second-order valence-electron chi connectivity index (χ2n) is 6.82. The van der Waals surface area contributed by atoms with Crippen LogP contribution in [0.25, 0.3) is 11.0 Å². The molecule has 3 heterocycles. The van der Waals surface area contributed by atoms with Crippen LogP contribution in [0.1, 0.15) is 24.4 Å². The van der Waals surface area contributed by atoms with Crippen molar-refractivity contribution in [3.63, 3.8) is 0 Å². The van der Waals surface area contributed by atoms with Gasteiger partial charge in [0.2, 0.25) is 5.91 Å². The van der Waals surface area contributed by atoms with Crippen LogP contribution >= 0.6 is 0 Å². The number of aromatic nitrogens is 3. The zero-order valence-electron chi connectivity index (χ0n) is 15.5. The van der Waals surface area contributed by atoms with Crippen LogP contribution in [0.4, 0.5) is 5.69 Å². The Morgan fingerprint density at radius 1 is 1.26 bits per heavy atom. The lowest BCUT2D eigenvalue weighted by Crippen LogP contribution is -2.30. The lowest BCUT2D eigenvalue weighted by molar-refractivity contribution is -0.116. The van der Waals surface area contributed by atoms with Crippen LogP contribution in [0.5, 0.6) is 5.75 Å². The molecule has 0 spiro atoms. The van der Waals surface area contributed by atoms with Gasteiger partial charge in [0.25, 0.3) is 5.56 Å². The third-order valence-electron chi connectivity index (χ3n) is 5.00. The van der Waals surface area contributed by atoms with Crippen LogP contribution in [0.3, 0.4) is 0 Å². The number of rotatable bonds is 4. The number of fused-ring (bicyclic) bond motifs is 2. The van der Waals surface area contributed by atoms with E-state index >= 15 is 0 Å². The van der Waals surface area contributed by atoms with Gasteiger partial charge in [-0.15, -0.1) is 0 Å². The highest BCUT2D eigenvalue weighted by atomic mass is 16.5. The van der Waals surface area contributed by atoms with Crippen LogP contribution in [0.15, 0.2) is 35.1 Å². The van der Waals surface area contributed by atoms with Crippen LogP contribution in [-0.4, -0.2) is 27.1 Å². The summed E-state index contributed by atoms with van der Waals surface area (Å²) in [4.78, 5) is 30.2. The van der Waals surface area contributed by atoms with Crippen LogP contribution < -0.4 is 15.6 Å². The molecule has 0 bridgehead atoms. The lowest BCUT2D eigenvalue weighted by atomic mass is 10.1. The van der Waals surface area contributed by atoms with E-state index in [2.05, 4.69) is 10.3 Å². The molecule has 1 aliphatic heterocycles. The Morgan fingerprint density at radius 2 is 2.04 bits per heavy atom. The average Bonchev–Trinajstić information content (AvgIpc) is 2.98. The normalized spacial score (nSPS) is 13.4. The lowest BCUT2D eigenvalue weighted by Gasteiger charge is -2.17. The highest BCUT2D eigenvalue weighted by molar-refractivity contribution is 5.92. The molecule has 3 aromatic rings. The number of aryl methyl sites for hydroxylation is 2. The molecule has 1 amide bonds. The van der Waals surface area contributed by atoms with Crippen LogP contribution in [0, 0.1) is 6.92 Å². The number of hydrogen-bond acceptors (Lipinski definition) is 4. The van der Waals surface area contributed by atoms with Crippen molar-refractivity contribution >= 4 is 22.6 Å². The van der Waals surface area contributed by atoms with E-state index in [9.17, 15) is 9.59 Å². The molecule has 1 aromatic carbocycles. The highest BCUT2D eigenvalue weighted by Gasteiger charge is 2.19. The Bertz CT molecular complexity index is 1060. The van der Waals surface area contributed by atoms with E-state index in [0.717, 1.165) is 36.5 Å². The Labute approximate surface area is 156 Å². The fraction of sp³-hybridized carbons (Fsp3) is 0.350. The Balaban J connectivity index is 1.64. The fourth-order valence-corrected chi connectivity index (χ4v) is 3.61. The smallest absolute Gasteiger partial charge is 0.278 e. The van der Waals surface area contributed by atoms with Gasteiger partial charge in [0.05, 0.1) is 12.6 Å². The molecule has 0 atom stereocenters. The molecule has 0 saturated heterocycles.